The summed E-state index contributed by atoms with van der Waals surface area (Å²) in [6.07, 6.45) is 8.46. The van der Waals surface area contributed by atoms with Crippen molar-refractivity contribution in [2.45, 2.75) is 45.8 Å². The Hall–Kier alpha value is -2.78. The highest BCUT2D eigenvalue weighted by molar-refractivity contribution is 5.80. The van der Waals surface area contributed by atoms with Gasteiger partial charge in [-0.15, -0.1) is 0 Å². The number of allylic oxidation sites excluding steroid dienone is 3. The van der Waals surface area contributed by atoms with Crippen molar-refractivity contribution in [3.8, 4) is 0 Å². The van der Waals surface area contributed by atoms with Crippen LogP contribution in [0.25, 0.3) is 5.57 Å². The average molecular weight is 404 g/mol. The zero-order chi connectivity index (χ0) is 21.3. The second kappa shape index (κ2) is 10.8. The first-order valence-electron chi connectivity index (χ1n) is 10.8. The summed E-state index contributed by atoms with van der Waals surface area (Å²) in [6.45, 7) is 6.89. The van der Waals surface area contributed by atoms with Crippen LogP contribution in [0.15, 0.2) is 84.3 Å². The van der Waals surface area contributed by atoms with Gasteiger partial charge < -0.3 is 14.8 Å². The molecule has 1 N–H and O–H groups in total. The molecule has 1 aliphatic heterocycles. The molecule has 0 saturated carbocycles. The van der Waals surface area contributed by atoms with E-state index in [1.165, 1.54) is 27.8 Å². The number of ether oxygens (including phenoxy) is 2. The molecular formula is C27H33NO2. The van der Waals surface area contributed by atoms with Crippen molar-refractivity contribution < 1.29 is 9.47 Å². The molecule has 0 fully saturated rings. The van der Waals surface area contributed by atoms with Gasteiger partial charge in [-0.2, -0.15) is 0 Å². The highest BCUT2D eigenvalue weighted by Crippen LogP contribution is 2.32. The minimum absolute atomic E-state index is 0.0444. The van der Waals surface area contributed by atoms with E-state index in [0.29, 0.717) is 6.61 Å². The van der Waals surface area contributed by atoms with Crippen LogP contribution in [0.1, 0.15) is 49.9 Å². The highest BCUT2D eigenvalue weighted by atomic mass is 16.5. The molecule has 0 aliphatic carbocycles. The molecular weight excluding hydrogens is 370 g/mol. The fourth-order valence-corrected chi connectivity index (χ4v) is 3.74. The lowest BCUT2D eigenvalue weighted by molar-refractivity contribution is 0.0967. The molecule has 0 radical (unpaired) electrons. The minimum atomic E-state index is 0.0444. The zero-order valence-electron chi connectivity index (χ0n) is 18.5. The second-order valence-electron chi connectivity index (χ2n) is 7.67. The van der Waals surface area contributed by atoms with Crippen molar-refractivity contribution in [3.63, 3.8) is 0 Å². The standard InChI is InChI=1S/C27H33NO2/c1-5-23-18-27(24-11-7-6-8-12-24)28-19-26(23)25-13-9-10-22(17-25)14-15-30-21(3)16-20(2)29-4/h6-13,16-19,21,27-28H,5,14-15H2,1-4H3/b20-16-. The van der Waals surface area contributed by atoms with Crippen molar-refractivity contribution in [1.29, 1.82) is 0 Å². The van der Waals surface area contributed by atoms with Crippen molar-refractivity contribution in [2.75, 3.05) is 13.7 Å². The molecule has 30 heavy (non-hydrogen) atoms. The summed E-state index contributed by atoms with van der Waals surface area (Å²) < 4.78 is 11.1. The zero-order valence-corrected chi connectivity index (χ0v) is 18.5. The maximum absolute atomic E-state index is 5.91. The molecule has 0 spiro atoms. The van der Waals surface area contributed by atoms with E-state index in [1.807, 2.05) is 19.9 Å². The Balaban J connectivity index is 1.66. The van der Waals surface area contributed by atoms with Gasteiger partial charge in [0.05, 0.1) is 31.6 Å². The van der Waals surface area contributed by atoms with E-state index in [9.17, 15) is 0 Å². The van der Waals surface area contributed by atoms with Gasteiger partial charge in [0.25, 0.3) is 0 Å². The smallest absolute Gasteiger partial charge is 0.0910 e. The summed E-state index contributed by atoms with van der Waals surface area (Å²) in [5.41, 5.74) is 6.48. The van der Waals surface area contributed by atoms with E-state index in [4.69, 9.17) is 9.47 Å². The van der Waals surface area contributed by atoms with Crippen LogP contribution < -0.4 is 5.32 Å². The van der Waals surface area contributed by atoms with Crippen LogP contribution in [0, 0.1) is 0 Å². The van der Waals surface area contributed by atoms with E-state index in [2.05, 4.69) is 79.1 Å². The Morgan fingerprint density at radius 2 is 1.93 bits per heavy atom. The molecule has 3 nitrogen and oxygen atoms in total. The summed E-state index contributed by atoms with van der Waals surface area (Å²) in [5, 5.41) is 3.57. The average Bonchev–Trinajstić information content (AvgIpc) is 2.79. The van der Waals surface area contributed by atoms with E-state index >= 15 is 0 Å². The van der Waals surface area contributed by atoms with Gasteiger partial charge in [-0.3, -0.25) is 0 Å². The van der Waals surface area contributed by atoms with Gasteiger partial charge in [0.2, 0.25) is 0 Å². The monoisotopic (exact) mass is 403 g/mol. The Bertz CT molecular complexity index is 911. The van der Waals surface area contributed by atoms with Gasteiger partial charge in [-0.25, -0.2) is 0 Å². The molecule has 2 atom stereocenters. The van der Waals surface area contributed by atoms with Gasteiger partial charge in [-0.1, -0.05) is 67.6 Å². The molecule has 0 aromatic heterocycles. The van der Waals surface area contributed by atoms with Crippen LogP contribution in [0.5, 0.6) is 0 Å². The van der Waals surface area contributed by atoms with Crippen molar-refractivity contribution in [2.24, 2.45) is 0 Å². The fraction of sp³-hybridized carbons (Fsp3) is 0.333. The third kappa shape index (κ3) is 5.87. The normalized spacial score (nSPS) is 17.6. The lowest BCUT2D eigenvalue weighted by Crippen LogP contribution is -2.18. The van der Waals surface area contributed by atoms with Crippen LogP contribution in [0.4, 0.5) is 0 Å². The first kappa shape index (κ1) is 21.9. The number of hydrogen-bond acceptors (Lipinski definition) is 3. The Morgan fingerprint density at radius 1 is 1.13 bits per heavy atom. The van der Waals surface area contributed by atoms with Gasteiger partial charge in [0, 0.05) is 11.8 Å². The molecule has 1 heterocycles. The predicted molar refractivity (Wildman–Crippen MR) is 125 cm³/mol. The largest absolute Gasteiger partial charge is 0.502 e. The summed E-state index contributed by atoms with van der Waals surface area (Å²) >= 11 is 0. The molecule has 2 unspecified atom stereocenters. The Morgan fingerprint density at radius 3 is 2.67 bits per heavy atom. The molecule has 0 amide bonds. The topological polar surface area (TPSA) is 30.5 Å². The summed E-state index contributed by atoms with van der Waals surface area (Å²) in [5.74, 6) is 0.883. The summed E-state index contributed by atoms with van der Waals surface area (Å²) in [7, 11) is 1.68. The molecule has 158 valence electrons. The first-order valence-corrected chi connectivity index (χ1v) is 10.8. The first-order chi connectivity index (χ1) is 14.6. The second-order valence-corrected chi connectivity index (χ2v) is 7.67. The molecule has 2 aromatic carbocycles. The number of methoxy groups -OCH3 is 1. The van der Waals surface area contributed by atoms with Crippen molar-refractivity contribution in [3.05, 3.63) is 101 Å². The van der Waals surface area contributed by atoms with E-state index in [0.717, 1.165) is 18.6 Å². The van der Waals surface area contributed by atoms with Crippen LogP contribution in [-0.4, -0.2) is 19.8 Å². The molecule has 1 aliphatic rings. The quantitative estimate of drug-likeness (QED) is 0.505. The Kier molecular flexibility index (Phi) is 7.92. The molecule has 2 aromatic rings. The van der Waals surface area contributed by atoms with Gasteiger partial charge >= 0.3 is 0 Å². The van der Waals surface area contributed by atoms with Crippen molar-refractivity contribution in [1.82, 2.24) is 5.32 Å². The number of rotatable bonds is 9. The van der Waals surface area contributed by atoms with Gasteiger partial charge in [0.1, 0.15) is 0 Å². The van der Waals surface area contributed by atoms with Crippen molar-refractivity contribution >= 4 is 5.57 Å². The molecule has 0 bridgehead atoms. The number of benzene rings is 2. The van der Waals surface area contributed by atoms with E-state index in [-0.39, 0.29) is 12.1 Å². The van der Waals surface area contributed by atoms with E-state index in [1.54, 1.807) is 7.11 Å². The van der Waals surface area contributed by atoms with Crippen LogP contribution >= 0.6 is 0 Å². The number of nitrogens with one attached hydrogen (secondary N) is 1. The van der Waals surface area contributed by atoms with Crippen LogP contribution in [-0.2, 0) is 15.9 Å². The lowest BCUT2D eigenvalue weighted by Gasteiger charge is -2.24. The number of hydrogen-bond donors (Lipinski definition) is 1. The van der Waals surface area contributed by atoms with Gasteiger partial charge in [-0.05, 0) is 55.0 Å². The maximum Gasteiger partial charge on any atom is 0.0910 e. The number of dihydropyridines is 1. The molecule has 3 rings (SSSR count). The summed E-state index contributed by atoms with van der Waals surface area (Å²) in [6, 6.07) is 19.6. The van der Waals surface area contributed by atoms with E-state index < -0.39 is 0 Å². The lowest BCUT2D eigenvalue weighted by atomic mass is 9.90. The summed E-state index contributed by atoms with van der Waals surface area (Å²) in [4.78, 5) is 0. The SMILES string of the molecule is CCC1=CC(c2ccccc2)NC=C1c1cccc(CCOC(C)/C=C(/C)OC)c1. The van der Waals surface area contributed by atoms with Crippen LogP contribution in [0.3, 0.4) is 0 Å². The maximum atomic E-state index is 5.91. The molecule has 0 saturated heterocycles. The Labute approximate surface area is 181 Å². The third-order valence-electron chi connectivity index (χ3n) is 5.46. The minimum Gasteiger partial charge on any atom is -0.502 e. The fourth-order valence-electron chi connectivity index (χ4n) is 3.74. The van der Waals surface area contributed by atoms with Crippen LogP contribution in [0.2, 0.25) is 0 Å². The predicted octanol–water partition coefficient (Wildman–Crippen LogP) is 6.21. The third-order valence-corrected chi connectivity index (χ3v) is 5.46. The van der Waals surface area contributed by atoms with Gasteiger partial charge in [0.15, 0.2) is 0 Å². The highest BCUT2D eigenvalue weighted by Gasteiger charge is 2.17. The molecule has 3 heteroatoms.